The van der Waals surface area contributed by atoms with E-state index >= 15 is 0 Å². The maximum Gasteiger partial charge on any atom is 0.277 e. The maximum absolute atomic E-state index is 12.2. The summed E-state index contributed by atoms with van der Waals surface area (Å²) in [5.41, 5.74) is 5.54. The maximum atomic E-state index is 12.2. The number of nitrogens with one attached hydrogen (secondary N) is 1. The van der Waals surface area contributed by atoms with Gasteiger partial charge in [-0.25, -0.2) is 5.43 Å². The van der Waals surface area contributed by atoms with Crippen LogP contribution in [0.25, 0.3) is 11.1 Å². The van der Waals surface area contributed by atoms with E-state index in [1.807, 2.05) is 54.6 Å². The van der Waals surface area contributed by atoms with Crippen LogP contribution in [0.2, 0.25) is 0 Å². The number of aliphatic carboxylic acids is 1. The molecule has 7 nitrogen and oxygen atoms in total. The minimum atomic E-state index is -1.31. The van der Waals surface area contributed by atoms with Gasteiger partial charge in [0, 0.05) is 11.1 Å². The Labute approximate surface area is 179 Å². The minimum Gasteiger partial charge on any atom is -0.546 e. The van der Waals surface area contributed by atoms with E-state index in [1.165, 1.54) is 0 Å². The molecule has 0 aliphatic carbocycles. The summed E-state index contributed by atoms with van der Waals surface area (Å²) < 4.78 is 10.8. The fourth-order valence-electron chi connectivity index (χ4n) is 2.79. The standard InChI is InChI=1S/C24H22N2O5/c1-17(19-10-7-11-20(14-19)30-16-24(28)29)25-26-23(27)15-31-22-13-6-5-12-21(22)18-8-3-2-4-9-18/h2-14H,15-16H2,1H3,(H,26,27)(H,28,29)/p-1/b25-17-. The lowest BCUT2D eigenvalue weighted by Crippen LogP contribution is -2.29. The van der Waals surface area contributed by atoms with Crippen LogP contribution in [-0.2, 0) is 9.59 Å². The zero-order valence-corrected chi connectivity index (χ0v) is 16.9. The number of carboxylic acid groups (broad SMARTS) is 1. The van der Waals surface area contributed by atoms with Crippen LogP contribution in [0, 0.1) is 0 Å². The second-order valence-electron chi connectivity index (χ2n) is 6.57. The molecule has 0 heterocycles. The summed E-state index contributed by atoms with van der Waals surface area (Å²) in [4.78, 5) is 22.7. The van der Waals surface area contributed by atoms with Gasteiger partial charge < -0.3 is 19.4 Å². The van der Waals surface area contributed by atoms with Crippen molar-refractivity contribution < 1.29 is 24.2 Å². The number of nitrogens with zero attached hydrogens (tertiary/aromatic N) is 1. The lowest BCUT2D eigenvalue weighted by atomic mass is 10.1. The van der Waals surface area contributed by atoms with Crippen LogP contribution in [0.5, 0.6) is 11.5 Å². The molecule has 7 heteroatoms. The van der Waals surface area contributed by atoms with E-state index in [-0.39, 0.29) is 6.61 Å². The van der Waals surface area contributed by atoms with Gasteiger partial charge >= 0.3 is 0 Å². The summed E-state index contributed by atoms with van der Waals surface area (Å²) in [5.74, 6) is -0.755. The topological polar surface area (TPSA) is 100 Å². The first-order valence-electron chi connectivity index (χ1n) is 9.56. The molecule has 0 aromatic heterocycles. The van der Waals surface area contributed by atoms with Crippen molar-refractivity contribution in [2.24, 2.45) is 5.10 Å². The number of hydrogen-bond donors (Lipinski definition) is 1. The van der Waals surface area contributed by atoms with Gasteiger partial charge in [-0.05, 0) is 30.7 Å². The van der Waals surface area contributed by atoms with E-state index in [9.17, 15) is 14.7 Å². The van der Waals surface area contributed by atoms with Gasteiger partial charge in [0.2, 0.25) is 0 Å². The Bertz CT molecular complexity index is 1080. The van der Waals surface area contributed by atoms with Gasteiger partial charge in [0.15, 0.2) is 6.61 Å². The van der Waals surface area contributed by atoms with E-state index in [2.05, 4.69) is 10.5 Å². The number of para-hydroxylation sites is 1. The monoisotopic (exact) mass is 417 g/mol. The van der Waals surface area contributed by atoms with Crippen molar-refractivity contribution in [2.75, 3.05) is 13.2 Å². The number of rotatable bonds is 9. The second kappa shape index (κ2) is 10.6. The lowest BCUT2D eigenvalue weighted by Gasteiger charge is -2.11. The molecule has 0 saturated heterocycles. The van der Waals surface area contributed by atoms with Crippen molar-refractivity contribution in [1.82, 2.24) is 5.43 Å². The molecular weight excluding hydrogens is 396 g/mol. The fraction of sp³-hybridized carbons (Fsp3) is 0.125. The predicted molar refractivity (Wildman–Crippen MR) is 115 cm³/mol. The smallest absolute Gasteiger partial charge is 0.277 e. The number of amides is 1. The van der Waals surface area contributed by atoms with Gasteiger partial charge in [-0.15, -0.1) is 0 Å². The highest BCUT2D eigenvalue weighted by molar-refractivity contribution is 5.99. The van der Waals surface area contributed by atoms with Gasteiger partial charge in [-0.2, -0.15) is 5.10 Å². The van der Waals surface area contributed by atoms with Gasteiger partial charge in [0.1, 0.15) is 18.1 Å². The summed E-state index contributed by atoms with van der Waals surface area (Å²) in [6, 6.07) is 24.0. The number of hydrazone groups is 1. The van der Waals surface area contributed by atoms with Crippen molar-refractivity contribution in [1.29, 1.82) is 0 Å². The van der Waals surface area contributed by atoms with Crippen LogP contribution in [0.4, 0.5) is 0 Å². The van der Waals surface area contributed by atoms with Gasteiger partial charge in [-0.3, -0.25) is 4.79 Å². The third kappa shape index (κ3) is 6.43. The largest absolute Gasteiger partial charge is 0.546 e. The third-order valence-corrected chi connectivity index (χ3v) is 4.29. The average Bonchev–Trinajstić information content (AvgIpc) is 2.80. The molecular formula is C24H21N2O5-. The van der Waals surface area contributed by atoms with Crippen LogP contribution in [0.1, 0.15) is 12.5 Å². The Hall–Kier alpha value is -4.13. The van der Waals surface area contributed by atoms with Gasteiger partial charge in [-0.1, -0.05) is 60.7 Å². The molecule has 3 rings (SSSR count). The second-order valence-corrected chi connectivity index (χ2v) is 6.57. The Morgan fingerprint density at radius 2 is 1.65 bits per heavy atom. The molecule has 1 amide bonds. The summed E-state index contributed by atoms with van der Waals surface area (Å²) >= 11 is 0. The van der Waals surface area contributed by atoms with Crippen LogP contribution in [0.3, 0.4) is 0 Å². The fourth-order valence-corrected chi connectivity index (χ4v) is 2.79. The van der Waals surface area contributed by atoms with E-state index in [1.54, 1.807) is 31.2 Å². The normalized spacial score (nSPS) is 10.9. The molecule has 158 valence electrons. The molecule has 0 spiro atoms. The number of carbonyl (C=O) groups is 2. The molecule has 0 unspecified atom stereocenters. The van der Waals surface area contributed by atoms with Crippen molar-refractivity contribution in [2.45, 2.75) is 6.92 Å². The Morgan fingerprint density at radius 3 is 2.42 bits per heavy atom. The number of hydrogen-bond acceptors (Lipinski definition) is 6. The van der Waals surface area contributed by atoms with Crippen molar-refractivity contribution >= 4 is 17.6 Å². The molecule has 0 bridgehead atoms. The summed E-state index contributed by atoms with van der Waals surface area (Å²) in [7, 11) is 0. The van der Waals surface area contributed by atoms with Crippen molar-refractivity contribution in [3.63, 3.8) is 0 Å². The predicted octanol–water partition coefficient (Wildman–Crippen LogP) is 2.40. The van der Waals surface area contributed by atoms with Gasteiger partial charge in [0.25, 0.3) is 5.91 Å². The first kappa shape index (κ1) is 21.6. The van der Waals surface area contributed by atoms with E-state index in [0.717, 1.165) is 11.1 Å². The van der Waals surface area contributed by atoms with E-state index in [4.69, 9.17) is 9.47 Å². The summed E-state index contributed by atoms with van der Waals surface area (Å²) in [6.45, 7) is 0.970. The van der Waals surface area contributed by atoms with Crippen molar-refractivity contribution in [3.05, 3.63) is 84.4 Å². The SMILES string of the molecule is C/C(=N/NC(=O)COc1ccccc1-c1ccccc1)c1cccc(OCC(=O)[O-])c1. The zero-order chi connectivity index (χ0) is 22.1. The molecule has 3 aromatic rings. The molecule has 1 N–H and O–H groups in total. The third-order valence-electron chi connectivity index (χ3n) is 4.29. The highest BCUT2D eigenvalue weighted by Crippen LogP contribution is 2.29. The highest BCUT2D eigenvalue weighted by atomic mass is 16.5. The zero-order valence-electron chi connectivity index (χ0n) is 16.9. The van der Waals surface area contributed by atoms with Gasteiger partial charge in [0.05, 0.1) is 11.7 Å². The van der Waals surface area contributed by atoms with E-state index < -0.39 is 18.5 Å². The quantitative estimate of drug-likeness (QED) is 0.426. The Balaban J connectivity index is 1.59. The van der Waals surface area contributed by atoms with Crippen LogP contribution in [-0.4, -0.2) is 30.8 Å². The molecule has 0 atom stereocenters. The first-order valence-corrected chi connectivity index (χ1v) is 9.56. The summed E-state index contributed by atoms with van der Waals surface area (Å²) in [6.07, 6.45) is 0. The molecule has 0 saturated carbocycles. The molecule has 31 heavy (non-hydrogen) atoms. The van der Waals surface area contributed by atoms with E-state index in [0.29, 0.717) is 22.8 Å². The Kier molecular flexibility index (Phi) is 7.37. The van der Waals surface area contributed by atoms with Crippen LogP contribution in [0.15, 0.2) is 84.0 Å². The van der Waals surface area contributed by atoms with Crippen LogP contribution >= 0.6 is 0 Å². The van der Waals surface area contributed by atoms with Crippen molar-refractivity contribution in [3.8, 4) is 22.6 Å². The lowest BCUT2D eigenvalue weighted by molar-refractivity contribution is -0.307. The molecule has 0 fully saturated rings. The average molecular weight is 417 g/mol. The molecule has 0 radical (unpaired) electrons. The first-order chi connectivity index (χ1) is 15.0. The molecule has 3 aromatic carbocycles. The number of carbonyl (C=O) groups excluding carboxylic acids is 2. The summed E-state index contributed by atoms with van der Waals surface area (Å²) in [5, 5.41) is 14.6. The molecule has 0 aliphatic rings. The number of carboxylic acids is 1. The number of benzene rings is 3. The minimum absolute atomic E-state index is 0.199. The Morgan fingerprint density at radius 1 is 0.903 bits per heavy atom. The number of ether oxygens (including phenoxy) is 2. The molecule has 0 aliphatic heterocycles. The van der Waals surface area contributed by atoms with Crippen LogP contribution < -0.4 is 20.0 Å². The highest BCUT2D eigenvalue weighted by Gasteiger charge is 2.08.